The van der Waals surface area contributed by atoms with Crippen molar-refractivity contribution in [1.82, 2.24) is 0 Å². The highest BCUT2D eigenvalue weighted by molar-refractivity contribution is 5.59. The first kappa shape index (κ1) is 13.5. The van der Waals surface area contributed by atoms with E-state index in [1.807, 2.05) is 13.0 Å². The smallest absolute Gasteiger partial charge is 0.272 e. The molecule has 0 fully saturated rings. The Kier molecular flexibility index (Phi) is 4.49. The maximum atomic E-state index is 10.8. The molecule has 1 aromatic rings. The molecule has 0 amide bonds. The van der Waals surface area contributed by atoms with Gasteiger partial charge in [0.05, 0.1) is 4.92 Å². The third-order valence-corrected chi connectivity index (χ3v) is 3.08. The van der Waals surface area contributed by atoms with E-state index in [0.29, 0.717) is 11.5 Å². The number of nitro groups is 1. The summed E-state index contributed by atoms with van der Waals surface area (Å²) >= 11 is 0. The summed E-state index contributed by atoms with van der Waals surface area (Å²) in [6, 6.07) is 3.49. The van der Waals surface area contributed by atoms with Gasteiger partial charge in [-0.25, -0.2) is 0 Å². The van der Waals surface area contributed by atoms with Crippen molar-refractivity contribution in [1.29, 1.82) is 0 Å². The van der Waals surface area contributed by atoms with Crippen molar-refractivity contribution in [2.24, 2.45) is 5.92 Å². The van der Waals surface area contributed by atoms with E-state index in [1.165, 1.54) is 0 Å². The zero-order valence-corrected chi connectivity index (χ0v) is 10.9. The van der Waals surface area contributed by atoms with Gasteiger partial charge in [0.2, 0.25) is 0 Å². The molecule has 1 N–H and O–H groups in total. The molecule has 0 saturated heterocycles. The summed E-state index contributed by atoms with van der Waals surface area (Å²) in [6.45, 7) is 8.90. The number of nitrogens with one attached hydrogen (secondary N) is 1. The Morgan fingerprint density at radius 2 is 2.00 bits per heavy atom. The van der Waals surface area contributed by atoms with Gasteiger partial charge in [-0.1, -0.05) is 20.3 Å². The molecule has 17 heavy (non-hydrogen) atoms. The minimum Gasteiger partial charge on any atom is -0.385 e. The average Bonchev–Trinajstić information content (AvgIpc) is 2.28. The Bertz CT molecular complexity index is 416. The molecule has 1 unspecified atom stereocenters. The quantitative estimate of drug-likeness (QED) is 0.627. The van der Waals surface area contributed by atoms with E-state index in [-0.39, 0.29) is 10.6 Å². The normalized spacial score (nSPS) is 12.2. The third-order valence-electron chi connectivity index (χ3n) is 3.08. The summed E-state index contributed by atoms with van der Waals surface area (Å²) < 4.78 is 0. The molecule has 1 rings (SSSR count). The lowest BCUT2D eigenvalue weighted by molar-refractivity contribution is -0.385. The fourth-order valence-electron chi connectivity index (χ4n) is 1.62. The van der Waals surface area contributed by atoms with Crippen molar-refractivity contribution in [3.8, 4) is 0 Å². The number of hydrogen-bond donors (Lipinski definition) is 1. The molecule has 0 spiro atoms. The van der Waals surface area contributed by atoms with Crippen LogP contribution >= 0.6 is 0 Å². The number of nitrogens with zero attached hydrogens (tertiary/aromatic N) is 1. The molecule has 0 radical (unpaired) electrons. The van der Waals surface area contributed by atoms with Gasteiger partial charge in [0.25, 0.3) is 5.69 Å². The molecule has 0 heterocycles. The summed E-state index contributed by atoms with van der Waals surface area (Å²) in [5, 5.41) is 14.1. The van der Waals surface area contributed by atoms with Crippen LogP contribution in [0, 0.1) is 29.9 Å². The Labute approximate surface area is 102 Å². The molecule has 0 aliphatic carbocycles. The van der Waals surface area contributed by atoms with Gasteiger partial charge in [0.1, 0.15) is 0 Å². The van der Waals surface area contributed by atoms with Crippen molar-refractivity contribution in [3.63, 3.8) is 0 Å². The lowest BCUT2D eigenvalue weighted by atomic mass is 10.1. The predicted molar refractivity (Wildman–Crippen MR) is 70.5 cm³/mol. The zero-order chi connectivity index (χ0) is 13.0. The minimum atomic E-state index is -0.333. The van der Waals surface area contributed by atoms with Crippen molar-refractivity contribution in [3.05, 3.63) is 33.4 Å². The number of benzene rings is 1. The van der Waals surface area contributed by atoms with Crippen LogP contribution in [0.4, 0.5) is 11.4 Å². The van der Waals surface area contributed by atoms with Crippen molar-refractivity contribution in [2.45, 2.75) is 34.1 Å². The number of hydrogen-bond acceptors (Lipinski definition) is 3. The topological polar surface area (TPSA) is 55.2 Å². The van der Waals surface area contributed by atoms with Gasteiger partial charge in [-0.2, -0.15) is 0 Å². The second-order valence-corrected chi connectivity index (χ2v) is 4.61. The standard InChI is InChI=1S/C13H20N2O2/c1-5-9(2)8-14-12-6-11(4)13(15(16)17)7-10(12)3/h6-7,9,14H,5,8H2,1-4H3. The Hall–Kier alpha value is -1.58. The van der Waals surface area contributed by atoms with Crippen LogP contribution in [0.15, 0.2) is 12.1 Å². The SMILES string of the molecule is CCC(C)CNc1cc(C)c([N+](=O)[O-])cc1C. The molecular weight excluding hydrogens is 216 g/mol. The number of aryl methyl sites for hydroxylation is 2. The number of anilines is 1. The van der Waals surface area contributed by atoms with E-state index in [9.17, 15) is 10.1 Å². The Balaban J connectivity index is 2.88. The fraction of sp³-hybridized carbons (Fsp3) is 0.538. The van der Waals surface area contributed by atoms with Gasteiger partial charge < -0.3 is 5.32 Å². The van der Waals surface area contributed by atoms with Crippen LogP contribution in [-0.2, 0) is 0 Å². The van der Waals surface area contributed by atoms with Gasteiger partial charge in [0, 0.05) is 23.9 Å². The first-order valence-corrected chi connectivity index (χ1v) is 5.95. The largest absolute Gasteiger partial charge is 0.385 e. The zero-order valence-electron chi connectivity index (χ0n) is 10.9. The molecule has 0 bridgehead atoms. The molecule has 4 heteroatoms. The van der Waals surface area contributed by atoms with Crippen LogP contribution in [0.25, 0.3) is 0 Å². The Morgan fingerprint density at radius 3 is 2.53 bits per heavy atom. The van der Waals surface area contributed by atoms with E-state index in [2.05, 4.69) is 19.2 Å². The first-order valence-electron chi connectivity index (χ1n) is 5.95. The van der Waals surface area contributed by atoms with Crippen LogP contribution < -0.4 is 5.32 Å². The maximum Gasteiger partial charge on any atom is 0.272 e. The second kappa shape index (κ2) is 5.66. The van der Waals surface area contributed by atoms with E-state index >= 15 is 0 Å². The lowest BCUT2D eigenvalue weighted by Crippen LogP contribution is -2.11. The van der Waals surface area contributed by atoms with E-state index in [0.717, 1.165) is 24.2 Å². The van der Waals surface area contributed by atoms with Gasteiger partial charge >= 0.3 is 0 Å². The summed E-state index contributed by atoms with van der Waals surface area (Å²) in [4.78, 5) is 10.5. The van der Waals surface area contributed by atoms with Crippen molar-refractivity contribution >= 4 is 11.4 Å². The molecule has 94 valence electrons. The van der Waals surface area contributed by atoms with Crippen LogP contribution in [0.3, 0.4) is 0 Å². The summed E-state index contributed by atoms with van der Waals surface area (Å²) in [7, 11) is 0. The van der Waals surface area contributed by atoms with Crippen molar-refractivity contribution in [2.75, 3.05) is 11.9 Å². The molecule has 0 aromatic heterocycles. The fourth-order valence-corrected chi connectivity index (χ4v) is 1.62. The summed E-state index contributed by atoms with van der Waals surface area (Å²) in [6.07, 6.45) is 1.12. The van der Waals surface area contributed by atoms with Gasteiger partial charge in [-0.15, -0.1) is 0 Å². The second-order valence-electron chi connectivity index (χ2n) is 4.61. The monoisotopic (exact) mass is 236 g/mol. The molecule has 1 atom stereocenters. The van der Waals surface area contributed by atoms with E-state index < -0.39 is 0 Å². The van der Waals surface area contributed by atoms with Crippen LogP contribution in [0.1, 0.15) is 31.4 Å². The number of nitro benzene ring substituents is 1. The Morgan fingerprint density at radius 1 is 1.35 bits per heavy atom. The molecular formula is C13H20N2O2. The van der Waals surface area contributed by atoms with Gasteiger partial charge in [-0.05, 0) is 31.4 Å². The van der Waals surface area contributed by atoms with Gasteiger partial charge in [-0.3, -0.25) is 10.1 Å². The molecule has 0 saturated carbocycles. The highest BCUT2D eigenvalue weighted by Crippen LogP contribution is 2.26. The molecule has 0 aliphatic rings. The van der Waals surface area contributed by atoms with Crippen LogP contribution in [-0.4, -0.2) is 11.5 Å². The highest BCUT2D eigenvalue weighted by atomic mass is 16.6. The van der Waals surface area contributed by atoms with E-state index in [1.54, 1.807) is 13.0 Å². The minimum absolute atomic E-state index is 0.191. The highest BCUT2D eigenvalue weighted by Gasteiger charge is 2.13. The maximum absolute atomic E-state index is 10.8. The molecule has 4 nitrogen and oxygen atoms in total. The van der Waals surface area contributed by atoms with Crippen LogP contribution in [0.5, 0.6) is 0 Å². The molecule has 1 aromatic carbocycles. The van der Waals surface area contributed by atoms with E-state index in [4.69, 9.17) is 0 Å². The average molecular weight is 236 g/mol. The molecule has 0 aliphatic heterocycles. The summed E-state index contributed by atoms with van der Waals surface area (Å²) in [5.74, 6) is 0.602. The number of rotatable bonds is 5. The van der Waals surface area contributed by atoms with Crippen molar-refractivity contribution < 1.29 is 4.92 Å². The predicted octanol–water partition coefficient (Wildman–Crippen LogP) is 3.67. The first-order chi connectivity index (χ1) is 7.95. The third kappa shape index (κ3) is 3.44. The van der Waals surface area contributed by atoms with Gasteiger partial charge in [0.15, 0.2) is 0 Å². The summed E-state index contributed by atoms with van der Waals surface area (Å²) in [5.41, 5.74) is 2.81. The lowest BCUT2D eigenvalue weighted by Gasteiger charge is -2.14. The van der Waals surface area contributed by atoms with Crippen LogP contribution in [0.2, 0.25) is 0 Å².